The molecule has 0 radical (unpaired) electrons. The van der Waals surface area contributed by atoms with E-state index in [1.54, 1.807) is 31.3 Å². The van der Waals surface area contributed by atoms with Crippen LogP contribution in [0.2, 0.25) is 0 Å². The van der Waals surface area contributed by atoms with Gasteiger partial charge in [-0.25, -0.2) is 8.42 Å². The van der Waals surface area contributed by atoms with Crippen LogP contribution in [0.4, 0.5) is 0 Å². The van der Waals surface area contributed by atoms with E-state index in [0.717, 1.165) is 43.8 Å². The van der Waals surface area contributed by atoms with Gasteiger partial charge in [0.05, 0.1) is 35.9 Å². The fraction of sp³-hybridized carbons (Fsp3) is 0.194. The first-order valence-electron chi connectivity index (χ1n) is 13.0. The van der Waals surface area contributed by atoms with Gasteiger partial charge in [-0.15, -0.1) is 11.3 Å². The summed E-state index contributed by atoms with van der Waals surface area (Å²) in [5.41, 5.74) is 3.28. The zero-order valence-electron chi connectivity index (χ0n) is 21.8. The number of aliphatic hydroxyl groups excluding tert-OH is 1. The molecule has 2 atom stereocenters. The standard InChI is InChI=1S/C31H28N2O5S2/c1-20(34)22-13-14-32-26(17-22)25-10-5-9-23-18-29(39-31(23)25)30(21-7-3-2-4-8-21)33-40(35,36)24-11-12-27-28(19-24)38-16-6-15-37-27/h2-5,7-14,17-20,30,33-34H,6,15-16H2,1H3. The highest BCUT2D eigenvalue weighted by Crippen LogP contribution is 2.40. The fourth-order valence-corrected chi connectivity index (χ4v) is 7.31. The van der Waals surface area contributed by atoms with Gasteiger partial charge in [0, 0.05) is 33.8 Å². The molecular weight excluding hydrogens is 544 g/mol. The Morgan fingerprint density at radius 2 is 1.70 bits per heavy atom. The third-order valence-corrected chi connectivity index (χ3v) is 9.49. The van der Waals surface area contributed by atoms with Gasteiger partial charge in [0.1, 0.15) is 0 Å². The Labute approximate surface area is 237 Å². The minimum Gasteiger partial charge on any atom is -0.490 e. The Bertz CT molecular complexity index is 1770. The van der Waals surface area contributed by atoms with Gasteiger partial charge >= 0.3 is 0 Å². The van der Waals surface area contributed by atoms with E-state index >= 15 is 0 Å². The van der Waals surface area contributed by atoms with Crippen molar-refractivity contribution in [3.05, 3.63) is 107 Å². The number of aliphatic hydroxyl groups is 1. The molecule has 2 aromatic heterocycles. The molecule has 0 saturated carbocycles. The van der Waals surface area contributed by atoms with E-state index in [4.69, 9.17) is 9.47 Å². The summed E-state index contributed by atoms with van der Waals surface area (Å²) in [5.74, 6) is 0.969. The molecule has 7 nitrogen and oxygen atoms in total. The van der Waals surface area contributed by atoms with Gasteiger partial charge in [0.15, 0.2) is 11.5 Å². The number of nitrogens with zero attached hydrogens (tertiary/aromatic N) is 1. The molecule has 0 spiro atoms. The van der Waals surface area contributed by atoms with Crippen LogP contribution in [0.3, 0.4) is 0 Å². The average Bonchev–Trinajstić information content (AvgIpc) is 3.27. The zero-order valence-corrected chi connectivity index (χ0v) is 23.4. The summed E-state index contributed by atoms with van der Waals surface area (Å²) in [6.07, 6.45) is 1.82. The highest BCUT2D eigenvalue weighted by atomic mass is 32.2. The lowest BCUT2D eigenvalue weighted by Gasteiger charge is -2.19. The van der Waals surface area contributed by atoms with Gasteiger partial charge in [-0.05, 0) is 53.8 Å². The summed E-state index contributed by atoms with van der Waals surface area (Å²) in [6, 6.07) is 25.3. The van der Waals surface area contributed by atoms with Crippen molar-refractivity contribution in [2.75, 3.05) is 13.2 Å². The van der Waals surface area contributed by atoms with E-state index in [0.29, 0.717) is 24.7 Å². The first-order valence-corrected chi connectivity index (χ1v) is 15.3. The molecule has 1 aliphatic rings. The molecule has 0 aliphatic carbocycles. The Hall–Kier alpha value is -3.76. The molecule has 1 aliphatic heterocycles. The Morgan fingerprint density at radius 3 is 2.50 bits per heavy atom. The Morgan fingerprint density at radius 1 is 0.900 bits per heavy atom. The Kier molecular flexibility index (Phi) is 7.29. The maximum atomic E-state index is 13.7. The number of rotatable bonds is 7. The largest absolute Gasteiger partial charge is 0.490 e. The normalized spacial score (nSPS) is 14.9. The number of pyridine rings is 1. The molecule has 0 fully saturated rings. The van der Waals surface area contributed by atoms with E-state index in [1.807, 2.05) is 60.7 Å². The van der Waals surface area contributed by atoms with Crippen LogP contribution >= 0.6 is 11.3 Å². The van der Waals surface area contributed by atoms with Gasteiger partial charge in [-0.1, -0.05) is 48.5 Å². The van der Waals surface area contributed by atoms with Gasteiger partial charge in [-0.3, -0.25) is 4.98 Å². The quantitative estimate of drug-likeness (QED) is 0.239. The van der Waals surface area contributed by atoms with Crippen LogP contribution < -0.4 is 14.2 Å². The highest BCUT2D eigenvalue weighted by Gasteiger charge is 2.26. The molecule has 2 N–H and O–H groups in total. The predicted octanol–water partition coefficient (Wildman–Crippen LogP) is 6.25. The number of benzene rings is 3. The van der Waals surface area contributed by atoms with Gasteiger partial charge in [0.2, 0.25) is 10.0 Å². The molecule has 5 aromatic rings. The SMILES string of the molecule is CC(O)c1ccnc(-c2cccc3cc(C(NS(=O)(=O)c4ccc5c(c4)OCCCO5)c4ccccc4)sc23)c1. The second-order valence-electron chi connectivity index (χ2n) is 9.65. The summed E-state index contributed by atoms with van der Waals surface area (Å²) in [7, 11) is -3.94. The number of thiophene rings is 1. The number of aromatic nitrogens is 1. The molecule has 6 rings (SSSR count). The second-order valence-corrected chi connectivity index (χ2v) is 12.4. The van der Waals surface area contributed by atoms with Crippen LogP contribution in [0.5, 0.6) is 11.5 Å². The summed E-state index contributed by atoms with van der Waals surface area (Å²) >= 11 is 1.52. The van der Waals surface area contributed by atoms with Crippen molar-refractivity contribution in [2.24, 2.45) is 0 Å². The lowest BCUT2D eigenvalue weighted by atomic mass is 10.0. The molecule has 0 saturated heterocycles. The number of hydrogen-bond donors (Lipinski definition) is 2. The topological polar surface area (TPSA) is 97.8 Å². The third kappa shape index (κ3) is 5.33. The van der Waals surface area contributed by atoms with Crippen molar-refractivity contribution in [1.29, 1.82) is 0 Å². The van der Waals surface area contributed by atoms with E-state index in [-0.39, 0.29) is 4.90 Å². The van der Waals surface area contributed by atoms with Crippen molar-refractivity contribution < 1.29 is 23.0 Å². The van der Waals surface area contributed by atoms with Crippen LogP contribution in [-0.4, -0.2) is 31.7 Å². The molecule has 3 heterocycles. The van der Waals surface area contributed by atoms with Gasteiger partial charge in [0.25, 0.3) is 0 Å². The molecule has 9 heteroatoms. The van der Waals surface area contributed by atoms with Crippen molar-refractivity contribution in [3.63, 3.8) is 0 Å². The minimum absolute atomic E-state index is 0.110. The van der Waals surface area contributed by atoms with E-state index in [2.05, 4.69) is 9.71 Å². The molecule has 0 amide bonds. The first kappa shape index (κ1) is 26.5. The number of fused-ring (bicyclic) bond motifs is 2. The lowest BCUT2D eigenvalue weighted by molar-refractivity contribution is 0.199. The molecule has 204 valence electrons. The summed E-state index contributed by atoms with van der Waals surface area (Å²) in [4.78, 5) is 5.51. The van der Waals surface area contributed by atoms with E-state index < -0.39 is 22.2 Å². The zero-order chi connectivity index (χ0) is 27.7. The second kappa shape index (κ2) is 11.0. The number of sulfonamides is 1. The summed E-state index contributed by atoms with van der Waals surface area (Å²) in [6.45, 7) is 2.72. The van der Waals surface area contributed by atoms with Crippen LogP contribution in [0.1, 0.15) is 41.5 Å². The summed E-state index contributed by atoms with van der Waals surface area (Å²) in [5, 5.41) is 11.1. The van der Waals surface area contributed by atoms with Gasteiger partial charge < -0.3 is 14.6 Å². The van der Waals surface area contributed by atoms with E-state index in [9.17, 15) is 13.5 Å². The van der Waals surface area contributed by atoms with Crippen LogP contribution in [0.25, 0.3) is 21.3 Å². The van der Waals surface area contributed by atoms with E-state index in [1.165, 1.54) is 17.4 Å². The number of nitrogens with one attached hydrogen (secondary N) is 1. The van der Waals surface area contributed by atoms with Crippen molar-refractivity contribution in [3.8, 4) is 22.8 Å². The molecule has 0 bridgehead atoms. The van der Waals surface area contributed by atoms with Crippen molar-refractivity contribution in [1.82, 2.24) is 9.71 Å². The molecular formula is C31H28N2O5S2. The smallest absolute Gasteiger partial charge is 0.241 e. The highest BCUT2D eigenvalue weighted by molar-refractivity contribution is 7.89. The van der Waals surface area contributed by atoms with Gasteiger partial charge in [-0.2, -0.15) is 4.72 Å². The Balaban J connectivity index is 1.41. The van der Waals surface area contributed by atoms with Crippen LogP contribution in [-0.2, 0) is 10.0 Å². The monoisotopic (exact) mass is 572 g/mol. The predicted molar refractivity (Wildman–Crippen MR) is 156 cm³/mol. The minimum atomic E-state index is -3.94. The van der Waals surface area contributed by atoms with Crippen molar-refractivity contribution >= 4 is 31.4 Å². The number of hydrogen-bond acceptors (Lipinski definition) is 7. The maximum Gasteiger partial charge on any atom is 0.241 e. The first-order chi connectivity index (χ1) is 19.4. The van der Waals surface area contributed by atoms with Crippen LogP contribution in [0.15, 0.2) is 96.0 Å². The average molecular weight is 573 g/mol. The fourth-order valence-electron chi connectivity index (χ4n) is 4.75. The van der Waals surface area contributed by atoms with Crippen LogP contribution in [0, 0.1) is 0 Å². The lowest BCUT2D eigenvalue weighted by Crippen LogP contribution is -2.29. The molecule has 3 aromatic carbocycles. The number of ether oxygens (including phenoxy) is 2. The molecule has 2 unspecified atom stereocenters. The summed E-state index contributed by atoms with van der Waals surface area (Å²) < 4.78 is 42.8. The third-order valence-electron chi connectivity index (χ3n) is 6.83. The maximum absolute atomic E-state index is 13.7. The molecule has 40 heavy (non-hydrogen) atoms. The van der Waals surface area contributed by atoms with Crippen molar-refractivity contribution in [2.45, 2.75) is 30.4 Å².